The molecule has 460 valence electrons. The number of carbonyl (C=O) groups is 1. The lowest BCUT2D eigenvalue weighted by atomic mass is 9.94. The van der Waals surface area contributed by atoms with Gasteiger partial charge in [-0.25, -0.2) is 0 Å². The van der Waals surface area contributed by atoms with E-state index in [-0.39, 0.29) is 5.56 Å². The molecule has 18 N–H and O–H groups in total. The molecule has 31 heteroatoms. The third-order valence-electron chi connectivity index (χ3n) is 15.4. The Morgan fingerprint density at radius 2 is 0.573 bits per heavy atom. The number of benzene rings is 2. The van der Waals surface area contributed by atoms with Gasteiger partial charge in [-0.05, 0) is 23.3 Å². The van der Waals surface area contributed by atoms with E-state index in [1.54, 1.807) is 12.1 Å². The van der Waals surface area contributed by atoms with Gasteiger partial charge in [0.2, 0.25) is 0 Å². The van der Waals surface area contributed by atoms with Crippen LogP contribution in [0.3, 0.4) is 0 Å². The van der Waals surface area contributed by atoms with E-state index < -0.39 is 230 Å². The molecule has 0 unspecified atom stereocenters. The Morgan fingerprint density at radius 3 is 0.841 bits per heavy atom. The summed E-state index contributed by atoms with van der Waals surface area (Å²) in [4.78, 5) is 13.7. The number of aliphatic hydroxyl groups excluding tert-OH is 17. The number of aliphatic hydroxyl groups is 17. The molecule has 0 spiro atoms. The number of ether oxygens (including phenoxy) is 12. The Morgan fingerprint density at radius 1 is 0.329 bits per heavy atom. The molecule has 12 bridgehead atoms. The minimum absolute atomic E-state index is 0.141. The predicted octanol–water partition coefficient (Wildman–Crippen LogP) is -9.45. The normalized spacial score (nSPS) is 46.8. The Labute approximate surface area is 466 Å². The Kier molecular flexibility index (Phi) is 21.1. The fourth-order valence-corrected chi connectivity index (χ4v) is 10.7. The fraction of sp³-hybridized carbons (Fsp3) is 0.706. The maximum atomic E-state index is 13.7. The zero-order valence-electron chi connectivity index (χ0n) is 43.3. The molecule has 31 nitrogen and oxygen atoms in total. The van der Waals surface area contributed by atoms with Gasteiger partial charge in [0.05, 0.1) is 33.0 Å². The topological polar surface area (TPSA) is 484 Å². The summed E-state index contributed by atoms with van der Waals surface area (Å²) in [5.74, 6) is -0.698. The summed E-state index contributed by atoms with van der Waals surface area (Å²) < 4.78 is 69.8. The van der Waals surface area contributed by atoms with Crippen LogP contribution in [-0.2, 0) is 56.8 Å². The molecule has 0 radical (unpaired) electrons. The maximum Gasteiger partial charge on any atom is 0.251 e. The SMILES string of the molecule is O=C(NC[C@H]1O[C@@H]2O[C@H]3[C@H](O)[C@@H](O)[C@@H](O[C@H]4[C@H](O)[C@@H](O)[C@@H](O[C@H]5[C@H](O)[C@@H](O)[C@@H](O[C@H]6[C@H](O)[C@@H](O)[C@@H](O[C@H]7[C@H](O)[C@@H](O)[C@@H](O[C@H]1[C@H](O)[C@H]2O)O[C@@H]7CO)O[C@@H]6CO)O[C@@H]5CO)O[C@@H]4CO)O[C@@H]3CO)c1ccc(/C=C/c2ccccc2)cc1. The molecule has 0 aliphatic carbocycles. The van der Waals surface area contributed by atoms with Crippen LogP contribution in [0.5, 0.6) is 0 Å². The average Bonchev–Trinajstić information content (AvgIpc) is 3.13. The number of carbonyl (C=O) groups excluding carboxylic acids is 1. The van der Waals surface area contributed by atoms with Crippen LogP contribution in [0.4, 0.5) is 0 Å². The van der Waals surface area contributed by atoms with Crippen molar-refractivity contribution in [3.63, 3.8) is 0 Å². The molecule has 22 aliphatic heterocycles. The van der Waals surface area contributed by atoms with E-state index in [0.29, 0.717) is 0 Å². The highest BCUT2D eigenvalue weighted by molar-refractivity contribution is 5.94. The summed E-state index contributed by atoms with van der Waals surface area (Å²) in [5.41, 5.74) is 1.80. The van der Waals surface area contributed by atoms with Gasteiger partial charge in [-0.2, -0.15) is 0 Å². The van der Waals surface area contributed by atoms with Gasteiger partial charge in [-0.1, -0.05) is 54.6 Å². The maximum absolute atomic E-state index is 13.7. The molecule has 22 aliphatic rings. The highest BCUT2D eigenvalue weighted by atomic mass is 16.8. The van der Waals surface area contributed by atoms with E-state index in [2.05, 4.69) is 5.32 Å². The zero-order chi connectivity index (χ0) is 58.8. The predicted molar refractivity (Wildman–Crippen MR) is 263 cm³/mol. The van der Waals surface area contributed by atoms with E-state index in [4.69, 9.17) is 56.8 Å². The molecule has 22 saturated heterocycles. The van der Waals surface area contributed by atoms with Crippen LogP contribution < -0.4 is 5.32 Å². The minimum Gasteiger partial charge on any atom is -0.394 e. The van der Waals surface area contributed by atoms with E-state index in [1.165, 1.54) is 12.1 Å². The first-order chi connectivity index (χ1) is 39.3. The van der Waals surface area contributed by atoms with Gasteiger partial charge in [0, 0.05) is 12.1 Å². The molecule has 2 aromatic carbocycles. The Bertz CT molecular complexity index is 2350. The number of nitrogens with one attached hydrogen (secondary N) is 1. The van der Waals surface area contributed by atoms with Gasteiger partial charge < -0.3 is 149 Å². The summed E-state index contributed by atoms with van der Waals surface area (Å²) in [6, 6.07) is 15.8. The van der Waals surface area contributed by atoms with Gasteiger partial charge in [-0.3, -0.25) is 4.79 Å². The fourth-order valence-electron chi connectivity index (χ4n) is 10.7. The third kappa shape index (κ3) is 13.1. The first-order valence-corrected chi connectivity index (χ1v) is 26.5. The Balaban J connectivity index is 1.01. The van der Waals surface area contributed by atoms with E-state index in [1.807, 2.05) is 42.5 Å². The monoisotopic (exact) mass is 1180 g/mol. The van der Waals surface area contributed by atoms with Gasteiger partial charge in [0.25, 0.3) is 5.91 Å². The first kappa shape index (κ1) is 63.0. The van der Waals surface area contributed by atoms with Crippen LogP contribution in [0.15, 0.2) is 54.6 Å². The number of amides is 1. The molecule has 1 amide bonds. The van der Waals surface area contributed by atoms with Gasteiger partial charge in [0.15, 0.2) is 37.7 Å². The minimum atomic E-state index is -2.21. The van der Waals surface area contributed by atoms with Crippen LogP contribution in [0.2, 0.25) is 0 Å². The highest BCUT2D eigenvalue weighted by Crippen LogP contribution is 2.38. The summed E-state index contributed by atoms with van der Waals surface area (Å²) >= 11 is 0. The van der Waals surface area contributed by atoms with Crippen molar-refractivity contribution in [2.24, 2.45) is 0 Å². The summed E-state index contributed by atoms with van der Waals surface area (Å²) in [6.45, 7) is -5.71. The van der Waals surface area contributed by atoms with Crippen molar-refractivity contribution in [1.29, 1.82) is 0 Å². The van der Waals surface area contributed by atoms with Gasteiger partial charge >= 0.3 is 0 Å². The van der Waals surface area contributed by atoms with Gasteiger partial charge in [-0.15, -0.1) is 0 Å². The van der Waals surface area contributed by atoms with Crippen molar-refractivity contribution in [3.8, 4) is 0 Å². The Hall–Kier alpha value is -3.51. The molecule has 0 aromatic heterocycles. The second-order valence-corrected chi connectivity index (χ2v) is 20.7. The van der Waals surface area contributed by atoms with Crippen LogP contribution in [0, 0.1) is 0 Å². The van der Waals surface area contributed by atoms with E-state index in [0.717, 1.165) is 11.1 Å². The largest absolute Gasteiger partial charge is 0.394 e. The van der Waals surface area contributed by atoms with Crippen LogP contribution in [0.25, 0.3) is 12.2 Å². The quantitative estimate of drug-likeness (QED) is 0.0982. The molecule has 0 saturated carbocycles. The molecule has 22 heterocycles. The van der Waals surface area contributed by atoms with Crippen molar-refractivity contribution in [1.82, 2.24) is 5.32 Å². The number of hydrogen-bond donors (Lipinski definition) is 18. The first-order valence-electron chi connectivity index (χ1n) is 26.5. The van der Waals surface area contributed by atoms with Crippen LogP contribution in [-0.4, -0.2) is 317 Å². The lowest BCUT2D eigenvalue weighted by molar-refractivity contribution is -0.403. The average molecular weight is 1180 g/mol. The van der Waals surface area contributed by atoms with E-state index in [9.17, 15) is 91.6 Å². The molecular formula is C51H71NO30. The van der Waals surface area contributed by atoms with Crippen molar-refractivity contribution < 1.29 is 148 Å². The van der Waals surface area contributed by atoms with Crippen LogP contribution in [0.1, 0.15) is 21.5 Å². The lowest BCUT2D eigenvalue weighted by Crippen LogP contribution is -2.69. The molecule has 30 atom stereocenters. The van der Waals surface area contributed by atoms with Crippen molar-refractivity contribution in [2.45, 2.75) is 184 Å². The smallest absolute Gasteiger partial charge is 0.251 e. The zero-order valence-corrected chi connectivity index (χ0v) is 43.3. The molecular weight excluding hydrogens is 1110 g/mol. The molecule has 24 rings (SSSR count). The second-order valence-electron chi connectivity index (χ2n) is 20.7. The molecule has 22 fully saturated rings. The molecule has 82 heavy (non-hydrogen) atoms. The standard InChI is InChI=1S/C51H71NO30/c53-13-22-40-29(60)35(66)48(73-22)80-42-24(15-55)75-50(37(68)31(42)62)82-44-26(17-57)76-51(38(69)32(44)63)81-43-25(16-56)74-49(36(67)30(43)61)79-41-23(14-54)72-47(34(65)28(41)59)77-39-21(71-46(78-40)33(64)27(39)58)12-52-45(70)20-10-8-19(9-11-20)7-6-18-4-2-1-3-5-18/h1-11,21-44,46-51,53-69H,12-17H2,(H,52,70)/b7-6+/t21-,22-,23-,24-,25-,26-,27-,28-,29-,30-,31-,32-,33-,34-,35-,36-,37-,38-,39-,40-,41-,42-,43-,44-,46-,47-,48-,49-,50-,51-/m1/s1. The van der Waals surface area contributed by atoms with Crippen molar-refractivity contribution >= 4 is 18.1 Å². The van der Waals surface area contributed by atoms with Crippen molar-refractivity contribution in [3.05, 3.63) is 71.3 Å². The van der Waals surface area contributed by atoms with Crippen molar-refractivity contribution in [2.75, 3.05) is 39.6 Å². The lowest BCUT2D eigenvalue weighted by Gasteiger charge is -2.50. The van der Waals surface area contributed by atoms with Crippen LogP contribution >= 0.6 is 0 Å². The highest BCUT2D eigenvalue weighted by Gasteiger charge is 2.59. The van der Waals surface area contributed by atoms with Gasteiger partial charge in [0.1, 0.15) is 146 Å². The third-order valence-corrected chi connectivity index (χ3v) is 15.4. The number of hydrogen-bond acceptors (Lipinski definition) is 30. The number of rotatable bonds is 10. The summed E-state index contributed by atoms with van der Waals surface area (Å²) in [5, 5.41) is 192. The molecule has 2 aromatic rings. The second kappa shape index (κ2) is 27.5. The summed E-state index contributed by atoms with van der Waals surface area (Å²) in [6.07, 6.45) is -55.9. The van der Waals surface area contributed by atoms with E-state index >= 15 is 0 Å². The summed E-state index contributed by atoms with van der Waals surface area (Å²) in [7, 11) is 0.